The number of hydrogen-bond donors (Lipinski definition) is 3. The summed E-state index contributed by atoms with van der Waals surface area (Å²) in [4.78, 5) is 65.2. The lowest BCUT2D eigenvalue weighted by molar-refractivity contribution is -0.135. The van der Waals surface area contributed by atoms with Gasteiger partial charge in [0.25, 0.3) is 5.91 Å². The number of halogens is 2. The molecule has 0 aliphatic carbocycles. The van der Waals surface area contributed by atoms with Crippen LogP contribution in [0.25, 0.3) is 48.8 Å². The number of nitriles is 1. The van der Waals surface area contributed by atoms with Gasteiger partial charge in [-0.15, -0.1) is 11.3 Å². The number of nitrogens with one attached hydrogen (secondary N) is 1. The third-order valence-corrected chi connectivity index (χ3v) is 17.1. The number of amides is 3. The third kappa shape index (κ3) is 12.0. The van der Waals surface area contributed by atoms with E-state index >= 15 is 4.39 Å². The van der Waals surface area contributed by atoms with Crippen LogP contribution < -0.4 is 19.9 Å². The Labute approximate surface area is 484 Å². The van der Waals surface area contributed by atoms with Gasteiger partial charge < -0.3 is 44.4 Å². The molecule has 426 valence electrons. The molecule has 0 unspecified atom stereocenters. The molecule has 4 aromatic carbocycles. The smallest absolute Gasteiger partial charge is 0.319 e. The standard InChI is InChI=1S/C61H65ClFN11O7S/c1-7-52(77)73-23-22-72(32-42(73)16-19-64)58-47-29-48(62)54(46-27-43(75)26-41-10-8-9-11-45(41)46)55(63)56(47)67-61(68-58)80-25-24-71-20-17-38(18-21-71)31-70(6)51-30-50(81-69-51)53(35(2)3)60(79)74-33-44(76)28-49(74)59(78)66-36(4)39-12-14-40(15-13-39)57-37(5)65-34-82-57/h7-15,26-27,29-30,34,36,38,42,44,49,75-76H,1,16-18,20-25,28,31-33H2,2-6H3,(H,66,78)/t36-,42-,44+,49-/m0/s1. The number of β-amino-alcohol motifs (C(OH)–C–C–N with tert-alkyl or cyclic N) is 1. The van der Waals surface area contributed by atoms with Crippen molar-refractivity contribution in [2.45, 2.75) is 77.6 Å². The topological polar surface area (TPSA) is 218 Å². The summed E-state index contributed by atoms with van der Waals surface area (Å²) in [6, 6.07) is 22.2. The van der Waals surface area contributed by atoms with Gasteiger partial charge in [0.05, 0.1) is 57.4 Å². The third-order valence-electron chi connectivity index (χ3n) is 15.9. The average Bonchev–Trinajstić information content (AvgIpc) is 3.21. The molecular weight excluding hydrogens is 1090 g/mol. The lowest BCUT2D eigenvalue weighted by atomic mass is 9.96. The molecule has 3 saturated heterocycles. The molecule has 3 aromatic heterocycles. The first-order valence-electron chi connectivity index (χ1n) is 27.5. The fourth-order valence-electron chi connectivity index (χ4n) is 11.5. The number of anilines is 2. The van der Waals surface area contributed by atoms with Crippen molar-refractivity contribution in [1.82, 2.24) is 40.1 Å². The van der Waals surface area contributed by atoms with Crippen LogP contribution in [-0.4, -0.2) is 147 Å². The first-order valence-corrected chi connectivity index (χ1v) is 28.7. The van der Waals surface area contributed by atoms with Gasteiger partial charge in [-0.2, -0.15) is 15.2 Å². The van der Waals surface area contributed by atoms with Crippen LogP contribution in [0.3, 0.4) is 0 Å². The predicted molar refractivity (Wildman–Crippen MR) is 315 cm³/mol. The summed E-state index contributed by atoms with van der Waals surface area (Å²) in [5.41, 5.74) is 6.12. The summed E-state index contributed by atoms with van der Waals surface area (Å²) in [5, 5.41) is 40.5. The average molecular weight is 1150 g/mol. The van der Waals surface area contributed by atoms with Crippen molar-refractivity contribution < 1.29 is 38.2 Å². The number of carbonyl (C=O) groups is 3. The molecule has 10 rings (SSSR count). The van der Waals surface area contributed by atoms with Crippen LogP contribution in [0, 0.1) is 30.0 Å². The summed E-state index contributed by atoms with van der Waals surface area (Å²) in [7, 11) is 1.94. The van der Waals surface area contributed by atoms with Crippen molar-refractivity contribution in [1.29, 1.82) is 5.26 Å². The van der Waals surface area contributed by atoms with E-state index in [1.54, 1.807) is 34.4 Å². The molecule has 0 spiro atoms. The van der Waals surface area contributed by atoms with Crippen molar-refractivity contribution in [2.75, 3.05) is 75.8 Å². The normalized spacial score (nSPS) is 18.1. The van der Waals surface area contributed by atoms with E-state index < -0.39 is 29.9 Å². The summed E-state index contributed by atoms with van der Waals surface area (Å²) in [6.45, 7) is 14.9. The fourth-order valence-corrected chi connectivity index (χ4v) is 12.6. The number of phenols is 1. The van der Waals surface area contributed by atoms with Gasteiger partial charge in [0.15, 0.2) is 17.4 Å². The molecule has 6 heterocycles. The number of benzene rings is 4. The van der Waals surface area contributed by atoms with E-state index in [4.69, 9.17) is 25.8 Å². The molecule has 0 bridgehead atoms. The number of aromatic hydroxyl groups is 1. The number of piperazine rings is 1. The van der Waals surface area contributed by atoms with Crippen LogP contribution in [-0.2, 0) is 14.4 Å². The van der Waals surface area contributed by atoms with Gasteiger partial charge >= 0.3 is 6.01 Å². The number of rotatable bonds is 17. The quantitative estimate of drug-likeness (QED) is 0.0724. The number of likely N-dealkylation sites (tertiary alicyclic amines) is 2. The zero-order valence-electron chi connectivity index (χ0n) is 46.4. The lowest BCUT2D eigenvalue weighted by Crippen LogP contribution is -2.55. The van der Waals surface area contributed by atoms with E-state index in [0.29, 0.717) is 64.5 Å². The van der Waals surface area contributed by atoms with Crippen molar-refractivity contribution in [3.63, 3.8) is 0 Å². The highest BCUT2D eigenvalue weighted by molar-refractivity contribution is 7.13. The number of ether oxygens (including phenoxy) is 1. The number of aromatic nitrogens is 4. The SMILES string of the molecule is C=CC(=O)N1CCN(c2nc(OCCN3CCC(CN(C)c4cc(C(C(=O)N5C[C@H](O)C[C@H]5C(=O)N[C@@H](C)c5ccc(-c6scnc6C)cc5)=C(C)C)on4)CC3)nc3c(F)c(-c4cc(O)cc5ccccc45)c(Cl)cc23)C[C@@H]1CC#N. The van der Waals surface area contributed by atoms with Crippen molar-refractivity contribution in [2.24, 2.45) is 5.92 Å². The molecule has 4 atom stereocenters. The van der Waals surface area contributed by atoms with Crippen LogP contribution in [0.15, 0.2) is 101 Å². The van der Waals surface area contributed by atoms with Crippen molar-refractivity contribution in [3.8, 4) is 39.4 Å². The summed E-state index contributed by atoms with van der Waals surface area (Å²) >= 11 is 8.55. The molecule has 3 aliphatic rings. The molecule has 7 aromatic rings. The lowest BCUT2D eigenvalue weighted by Gasteiger charge is -2.41. The molecule has 0 saturated carbocycles. The number of aryl methyl sites for hydroxylation is 1. The van der Waals surface area contributed by atoms with Gasteiger partial charge in [-0.1, -0.05) is 77.4 Å². The van der Waals surface area contributed by atoms with E-state index in [9.17, 15) is 29.9 Å². The Bertz CT molecular complexity index is 3630. The number of fused-ring (bicyclic) bond motifs is 2. The number of carbonyl (C=O) groups excluding carboxylic acids is 3. The number of aliphatic hydroxyl groups is 1. The second-order valence-electron chi connectivity index (χ2n) is 21.6. The first kappa shape index (κ1) is 57.3. The molecule has 3 fully saturated rings. The minimum atomic E-state index is -0.891. The summed E-state index contributed by atoms with van der Waals surface area (Å²) in [6.07, 6.45) is 2.27. The van der Waals surface area contributed by atoms with E-state index in [-0.39, 0.29) is 96.1 Å². The molecular formula is C61H65ClFN11O7S. The van der Waals surface area contributed by atoms with Gasteiger partial charge in [0.1, 0.15) is 29.7 Å². The molecule has 21 heteroatoms. The summed E-state index contributed by atoms with van der Waals surface area (Å²) in [5.74, 6) is -0.341. The highest BCUT2D eigenvalue weighted by Gasteiger charge is 2.42. The number of nitrogens with zero attached hydrogens (tertiary/aromatic N) is 10. The number of allylic oxidation sites excluding steroid dienone is 1. The number of thiazole rings is 1. The Morgan fingerprint density at radius 1 is 1.04 bits per heavy atom. The van der Waals surface area contributed by atoms with Crippen LogP contribution in [0.5, 0.6) is 11.8 Å². The molecule has 3 amide bonds. The molecule has 82 heavy (non-hydrogen) atoms. The molecule has 18 nitrogen and oxygen atoms in total. The van der Waals surface area contributed by atoms with Crippen molar-refractivity contribution in [3.05, 3.63) is 124 Å². The monoisotopic (exact) mass is 1150 g/mol. The number of phenolic OH excluding ortho intramolecular Hbond substituents is 1. The van der Waals surface area contributed by atoms with Crippen LogP contribution in [0.4, 0.5) is 16.0 Å². The maximum absolute atomic E-state index is 17.3. The van der Waals surface area contributed by atoms with Crippen LogP contribution in [0.2, 0.25) is 5.02 Å². The maximum atomic E-state index is 17.3. The Morgan fingerprint density at radius 3 is 2.52 bits per heavy atom. The van der Waals surface area contributed by atoms with Gasteiger partial charge in [-0.05, 0) is 111 Å². The second kappa shape index (κ2) is 24.6. The second-order valence-corrected chi connectivity index (χ2v) is 22.9. The molecule has 3 N–H and O–H groups in total. The highest BCUT2D eigenvalue weighted by atomic mass is 35.5. The minimum absolute atomic E-state index is 0.00324. The largest absolute Gasteiger partial charge is 0.508 e. The first-order chi connectivity index (χ1) is 39.5. The van der Waals surface area contributed by atoms with Crippen LogP contribution in [0.1, 0.15) is 69.5 Å². The Kier molecular flexibility index (Phi) is 17.2. The Balaban J connectivity index is 0.776. The van der Waals surface area contributed by atoms with Gasteiger partial charge in [-0.3, -0.25) is 19.3 Å². The van der Waals surface area contributed by atoms with Crippen LogP contribution >= 0.6 is 22.9 Å². The van der Waals surface area contributed by atoms with Crippen molar-refractivity contribution >= 4 is 79.5 Å². The molecule has 0 radical (unpaired) electrons. The van der Waals surface area contributed by atoms with E-state index in [1.807, 2.05) is 98.6 Å². The maximum Gasteiger partial charge on any atom is 0.319 e. The van der Waals surface area contributed by atoms with Gasteiger partial charge in [0, 0.05) is 69.8 Å². The zero-order valence-corrected chi connectivity index (χ0v) is 48.0. The van der Waals surface area contributed by atoms with E-state index in [0.717, 1.165) is 47.6 Å². The Morgan fingerprint density at radius 2 is 1.80 bits per heavy atom. The zero-order chi connectivity index (χ0) is 57.9. The summed E-state index contributed by atoms with van der Waals surface area (Å²) < 4.78 is 29.4. The molecule has 3 aliphatic heterocycles. The van der Waals surface area contributed by atoms with Gasteiger partial charge in [0.2, 0.25) is 11.8 Å². The number of piperidine rings is 1. The fraction of sp³-hybridized carbons (Fsp3) is 0.377. The Hall–Kier alpha value is -7.96. The van der Waals surface area contributed by atoms with E-state index in [1.165, 1.54) is 17.0 Å². The number of aliphatic hydroxyl groups excluding tert-OH is 1. The highest BCUT2D eigenvalue weighted by Crippen LogP contribution is 2.43. The predicted octanol–water partition coefficient (Wildman–Crippen LogP) is 9.34. The number of hydrogen-bond acceptors (Lipinski definition) is 16. The van der Waals surface area contributed by atoms with E-state index in [2.05, 4.69) is 38.0 Å². The minimum Gasteiger partial charge on any atom is -0.508 e. The van der Waals surface area contributed by atoms with Gasteiger partial charge in [-0.25, -0.2) is 9.37 Å².